The number of halogens is 4. The zero-order chi connectivity index (χ0) is 20.9. The van der Waals surface area contributed by atoms with Crippen molar-refractivity contribution in [1.82, 2.24) is 9.55 Å². The van der Waals surface area contributed by atoms with Crippen LogP contribution in [0.5, 0.6) is 0 Å². The Labute approximate surface area is 177 Å². The molecule has 30 heavy (non-hydrogen) atoms. The van der Waals surface area contributed by atoms with E-state index in [-0.39, 0.29) is 22.9 Å². The van der Waals surface area contributed by atoms with Gasteiger partial charge in [-0.05, 0) is 36.4 Å². The second kappa shape index (κ2) is 6.70. The van der Waals surface area contributed by atoms with Gasteiger partial charge < -0.3 is 4.74 Å². The number of aromatic nitrogens is 2. The molecule has 150 valence electrons. The Balaban J connectivity index is 1.87. The molecule has 0 aliphatic carbocycles. The minimum Gasteiger partial charge on any atom is -0.436 e. The van der Waals surface area contributed by atoms with Gasteiger partial charge in [-0.2, -0.15) is 18.2 Å². The molecule has 1 aliphatic heterocycles. The van der Waals surface area contributed by atoms with Crippen LogP contribution in [0.2, 0.25) is 0 Å². The van der Waals surface area contributed by atoms with Crippen molar-refractivity contribution in [2.75, 3.05) is 0 Å². The van der Waals surface area contributed by atoms with E-state index in [2.05, 4.69) is 25.9 Å². The Morgan fingerprint density at radius 3 is 2.23 bits per heavy atom. The van der Waals surface area contributed by atoms with Crippen LogP contribution in [-0.2, 0) is 10.5 Å². The smallest absolute Gasteiger partial charge is 0.436 e. The summed E-state index contributed by atoms with van der Waals surface area (Å²) < 4.78 is 52.2. The molecule has 3 aromatic carbocycles. The number of aliphatic imine (C=N–C) groups is 1. The van der Waals surface area contributed by atoms with Crippen molar-refractivity contribution in [2.24, 2.45) is 4.99 Å². The maximum Gasteiger partial charge on any atom is 0.454 e. The number of nitrogens with zero attached hydrogens (tertiary/aromatic N) is 3. The first-order valence-corrected chi connectivity index (χ1v) is 9.83. The van der Waals surface area contributed by atoms with E-state index in [1.807, 2.05) is 0 Å². The molecular formula is C22H13BrF3N3O. The van der Waals surface area contributed by atoms with Gasteiger partial charge in [0.2, 0.25) is 11.8 Å². The maximum atomic E-state index is 14.9. The first-order valence-electron chi connectivity index (χ1n) is 9.04. The van der Waals surface area contributed by atoms with Crippen molar-refractivity contribution in [3.63, 3.8) is 0 Å². The summed E-state index contributed by atoms with van der Waals surface area (Å²) in [5, 5.41) is 0. The summed E-state index contributed by atoms with van der Waals surface area (Å²) in [4.78, 5) is 8.71. The molecule has 0 N–H and O–H groups in total. The molecule has 4 aromatic rings. The fraction of sp³-hybridized carbons (Fsp3) is 0.0909. The predicted octanol–water partition coefficient (Wildman–Crippen LogP) is 6.17. The van der Waals surface area contributed by atoms with E-state index >= 15 is 0 Å². The first-order chi connectivity index (χ1) is 14.4. The third-order valence-corrected chi connectivity index (χ3v) is 5.47. The highest BCUT2D eigenvalue weighted by Crippen LogP contribution is 2.49. The Kier molecular flexibility index (Phi) is 4.21. The zero-order valence-electron chi connectivity index (χ0n) is 15.3. The normalized spacial score (nSPS) is 18.6. The van der Waals surface area contributed by atoms with Crippen molar-refractivity contribution in [3.05, 3.63) is 94.5 Å². The van der Waals surface area contributed by atoms with Crippen molar-refractivity contribution >= 4 is 38.8 Å². The molecule has 0 spiro atoms. The fourth-order valence-corrected chi connectivity index (χ4v) is 3.88. The Hall–Kier alpha value is -3.13. The lowest BCUT2D eigenvalue weighted by atomic mass is 10.00. The summed E-state index contributed by atoms with van der Waals surface area (Å²) in [6.07, 6.45) is -4.80. The largest absolute Gasteiger partial charge is 0.454 e. The van der Waals surface area contributed by atoms with Gasteiger partial charge in [0, 0.05) is 15.6 Å². The molecule has 1 aliphatic rings. The van der Waals surface area contributed by atoms with Crippen molar-refractivity contribution in [2.45, 2.75) is 11.9 Å². The molecule has 8 heteroatoms. The highest BCUT2D eigenvalue weighted by Gasteiger charge is 2.63. The average Bonchev–Trinajstić information content (AvgIpc) is 3.12. The Morgan fingerprint density at radius 2 is 1.53 bits per heavy atom. The van der Waals surface area contributed by atoms with E-state index in [0.29, 0.717) is 11.1 Å². The standard InChI is InChI=1S/C22H13BrF3N3O/c23-16-12-10-14(11-13-16)19-28-20-27-17-8-4-5-9-18(17)29(20)21(30-19,22(24,25)26)15-6-2-1-3-7-15/h1-13H/t21-/m0/s1. The summed E-state index contributed by atoms with van der Waals surface area (Å²) in [5.74, 6) is -0.215. The van der Waals surface area contributed by atoms with E-state index in [1.54, 1.807) is 66.7 Å². The molecule has 0 saturated heterocycles. The van der Waals surface area contributed by atoms with Gasteiger partial charge in [-0.1, -0.05) is 58.4 Å². The topological polar surface area (TPSA) is 39.4 Å². The van der Waals surface area contributed by atoms with Gasteiger partial charge in [-0.25, -0.2) is 4.98 Å². The van der Waals surface area contributed by atoms with Crippen LogP contribution in [-0.4, -0.2) is 21.6 Å². The third-order valence-electron chi connectivity index (χ3n) is 4.94. The Bertz CT molecular complexity index is 1270. The molecule has 0 saturated carbocycles. The zero-order valence-corrected chi connectivity index (χ0v) is 16.9. The molecule has 0 bridgehead atoms. The number of hydrogen-bond donors (Lipinski definition) is 0. The molecule has 2 heterocycles. The highest BCUT2D eigenvalue weighted by molar-refractivity contribution is 9.10. The molecule has 0 unspecified atom stereocenters. The molecule has 1 aromatic heterocycles. The van der Waals surface area contributed by atoms with Crippen molar-refractivity contribution in [3.8, 4) is 0 Å². The summed E-state index contributed by atoms with van der Waals surface area (Å²) in [7, 11) is 0. The third kappa shape index (κ3) is 2.74. The van der Waals surface area contributed by atoms with Gasteiger partial charge in [0.25, 0.3) is 0 Å². The molecule has 1 atom stereocenters. The van der Waals surface area contributed by atoms with Crippen LogP contribution >= 0.6 is 15.9 Å². The number of rotatable bonds is 2. The van der Waals surface area contributed by atoms with Crippen LogP contribution in [0.3, 0.4) is 0 Å². The minimum absolute atomic E-state index is 0.0635. The number of alkyl halides is 3. The lowest BCUT2D eigenvalue weighted by Crippen LogP contribution is -2.53. The quantitative estimate of drug-likeness (QED) is 0.350. The first kappa shape index (κ1) is 18.9. The lowest BCUT2D eigenvalue weighted by molar-refractivity contribution is -0.271. The fourth-order valence-electron chi connectivity index (χ4n) is 3.61. The summed E-state index contributed by atoms with van der Waals surface area (Å²) >= 11 is 3.33. The van der Waals surface area contributed by atoms with E-state index in [1.165, 1.54) is 12.1 Å². The molecular weight excluding hydrogens is 459 g/mol. The van der Waals surface area contributed by atoms with E-state index in [0.717, 1.165) is 9.04 Å². The van der Waals surface area contributed by atoms with Gasteiger partial charge in [-0.15, -0.1) is 0 Å². The molecule has 0 fully saturated rings. The van der Waals surface area contributed by atoms with Crippen molar-refractivity contribution < 1.29 is 17.9 Å². The van der Waals surface area contributed by atoms with Gasteiger partial charge in [-0.3, -0.25) is 4.57 Å². The summed E-state index contributed by atoms with van der Waals surface area (Å²) in [6.45, 7) is 0. The highest BCUT2D eigenvalue weighted by atomic mass is 79.9. The number of ether oxygens (including phenoxy) is 1. The van der Waals surface area contributed by atoms with E-state index in [9.17, 15) is 13.2 Å². The number of fused-ring (bicyclic) bond motifs is 3. The van der Waals surface area contributed by atoms with Crippen molar-refractivity contribution in [1.29, 1.82) is 0 Å². The molecule has 0 amide bonds. The van der Waals surface area contributed by atoms with Crippen LogP contribution in [0, 0.1) is 0 Å². The second-order valence-electron chi connectivity index (χ2n) is 6.77. The minimum atomic E-state index is -4.80. The molecule has 5 rings (SSSR count). The molecule has 0 radical (unpaired) electrons. The van der Waals surface area contributed by atoms with Gasteiger partial charge in [0.05, 0.1) is 11.0 Å². The number of benzene rings is 3. The van der Waals surface area contributed by atoms with E-state index < -0.39 is 11.9 Å². The SMILES string of the molecule is FC(F)(F)[C@]1(c2ccccc2)OC(c2ccc(Br)cc2)=Nc2nc3ccccc3n21. The summed E-state index contributed by atoms with van der Waals surface area (Å²) in [6, 6.07) is 20.9. The van der Waals surface area contributed by atoms with Gasteiger partial charge in [0.1, 0.15) is 0 Å². The van der Waals surface area contributed by atoms with Crippen LogP contribution in [0.4, 0.5) is 19.1 Å². The van der Waals surface area contributed by atoms with E-state index in [4.69, 9.17) is 4.74 Å². The van der Waals surface area contributed by atoms with Gasteiger partial charge in [0.15, 0.2) is 0 Å². The average molecular weight is 472 g/mol. The van der Waals surface area contributed by atoms with Crippen LogP contribution < -0.4 is 0 Å². The lowest BCUT2D eigenvalue weighted by Gasteiger charge is -2.40. The van der Waals surface area contributed by atoms with Crippen LogP contribution in [0.15, 0.2) is 88.3 Å². The van der Waals surface area contributed by atoms with Crippen LogP contribution in [0.25, 0.3) is 11.0 Å². The number of hydrogen-bond acceptors (Lipinski definition) is 3. The monoisotopic (exact) mass is 471 g/mol. The predicted molar refractivity (Wildman–Crippen MR) is 111 cm³/mol. The van der Waals surface area contributed by atoms with Crippen LogP contribution in [0.1, 0.15) is 11.1 Å². The van der Waals surface area contributed by atoms with Gasteiger partial charge >= 0.3 is 11.9 Å². The molecule has 4 nitrogen and oxygen atoms in total. The summed E-state index contributed by atoms with van der Waals surface area (Å²) in [5.41, 5.74) is -1.77. The Morgan fingerprint density at radius 1 is 0.867 bits per heavy atom. The second-order valence-corrected chi connectivity index (χ2v) is 7.69. The number of para-hydroxylation sites is 2. The maximum absolute atomic E-state index is 14.9. The number of imidazole rings is 1.